The molecule has 0 saturated carbocycles. The third kappa shape index (κ3) is 5.01. The Morgan fingerprint density at radius 1 is 1.26 bits per heavy atom. The monoisotopic (exact) mass is 384 g/mol. The molecule has 6 nitrogen and oxygen atoms in total. The molecule has 7 heteroatoms. The van der Waals surface area contributed by atoms with E-state index in [2.05, 4.69) is 21.8 Å². The highest BCUT2D eigenvalue weighted by Crippen LogP contribution is 2.19. The minimum Gasteiger partial charge on any atom is -0.497 e. The Bertz CT molecular complexity index is 896. The predicted molar refractivity (Wildman–Crippen MR) is 108 cm³/mol. The molecule has 1 atom stereocenters. The maximum absolute atomic E-state index is 12.6. The lowest BCUT2D eigenvalue weighted by atomic mass is 10.1. The molecule has 1 aromatic carbocycles. The molecule has 142 valence electrons. The summed E-state index contributed by atoms with van der Waals surface area (Å²) < 4.78 is 7.18. The van der Waals surface area contributed by atoms with Gasteiger partial charge in [0.1, 0.15) is 5.75 Å². The summed E-state index contributed by atoms with van der Waals surface area (Å²) in [5.41, 5.74) is 1.87. The quantitative estimate of drug-likeness (QED) is 0.613. The van der Waals surface area contributed by atoms with Crippen molar-refractivity contribution in [1.29, 1.82) is 0 Å². The third-order valence-electron chi connectivity index (χ3n) is 4.37. The molecule has 1 N–H and O–H groups in total. The Kier molecular flexibility index (Phi) is 6.70. The number of carbonyl (C=O) groups is 1. The van der Waals surface area contributed by atoms with Crippen LogP contribution in [-0.4, -0.2) is 39.6 Å². The maximum Gasteiger partial charge on any atom is 0.220 e. The number of aromatic nitrogens is 3. The van der Waals surface area contributed by atoms with Gasteiger partial charge in [0.05, 0.1) is 13.2 Å². The number of rotatable bonds is 9. The second kappa shape index (κ2) is 9.41. The average Bonchev–Trinajstić information content (AvgIpc) is 3.14. The van der Waals surface area contributed by atoms with Crippen molar-refractivity contribution < 1.29 is 9.53 Å². The fraction of sp³-hybridized carbons (Fsp3) is 0.350. The summed E-state index contributed by atoms with van der Waals surface area (Å²) in [4.78, 5) is 12.6. The fourth-order valence-corrected chi connectivity index (χ4v) is 3.42. The Labute approximate surface area is 163 Å². The molecule has 2 aromatic heterocycles. The first-order chi connectivity index (χ1) is 13.2. The molecule has 0 spiro atoms. The fourth-order valence-electron chi connectivity index (χ4n) is 2.95. The maximum atomic E-state index is 12.6. The minimum absolute atomic E-state index is 0.0107. The zero-order valence-corrected chi connectivity index (χ0v) is 16.4. The number of nitrogens with zero attached hydrogens (tertiary/aromatic N) is 3. The van der Waals surface area contributed by atoms with Crippen LogP contribution in [0, 0.1) is 0 Å². The standard InChI is InChI=1S/C20H24N4O2S/c1-26-16-7-5-6-15(14-16)9-10-19(25)21-17(11-13-27-2)20-23-22-18-8-3-4-12-24(18)20/h3-8,12,14,17H,9-11,13H2,1-2H3,(H,21,25). The van der Waals surface area contributed by atoms with Crippen LogP contribution in [0.5, 0.6) is 5.75 Å². The van der Waals surface area contributed by atoms with Gasteiger partial charge in [0.25, 0.3) is 0 Å². The summed E-state index contributed by atoms with van der Waals surface area (Å²) in [7, 11) is 1.64. The van der Waals surface area contributed by atoms with E-state index in [-0.39, 0.29) is 11.9 Å². The van der Waals surface area contributed by atoms with Gasteiger partial charge >= 0.3 is 0 Å². The van der Waals surface area contributed by atoms with Crippen LogP contribution < -0.4 is 10.1 Å². The van der Waals surface area contributed by atoms with Crippen LogP contribution >= 0.6 is 11.8 Å². The van der Waals surface area contributed by atoms with Crippen molar-refractivity contribution in [3.05, 3.63) is 60.0 Å². The van der Waals surface area contributed by atoms with Crippen LogP contribution in [0.1, 0.15) is 30.3 Å². The van der Waals surface area contributed by atoms with Gasteiger partial charge in [-0.25, -0.2) is 0 Å². The molecule has 0 fully saturated rings. The lowest BCUT2D eigenvalue weighted by Crippen LogP contribution is -2.30. The molecule has 3 aromatic rings. The first kappa shape index (κ1) is 19.2. The summed E-state index contributed by atoms with van der Waals surface area (Å²) in [6, 6.07) is 13.4. The minimum atomic E-state index is -0.160. The van der Waals surface area contributed by atoms with Crippen LogP contribution in [0.3, 0.4) is 0 Å². The number of ether oxygens (including phenoxy) is 1. The van der Waals surface area contributed by atoms with Crippen LogP contribution in [0.2, 0.25) is 0 Å². The van der Waals surface area contributed by atoms with E-state index in [9.17, 15) is 4.79 Å². The first-order valence-corrected chi connectivity index (χ1v) is 10.3. The molecule has 0 bridgehead atoms. The Morgan fingerprint density at radius 3 is 2.96 bits per heavy atom. The number of benzene rings is 1. The number of nitrogens with one attached hydrogen (secondary N) is 1. The molecular formula is C20H24N4O2S. The van der Waals surface area contributed by atoms with Gasteiger partial charge in [-0.3, -0.25) is 9.20 Å². The SMILES string of the molecule is COc1cccc(CCC(=O)NC(CCSC)c2nnc3ccccn23)c1. The normalized spacial score (nSPS) is 12.1. The molecule has 1 unspecified atom stereocenters. The molecule has 2 heterocycles. The van der Waals surface area contributed by atoms with E-state index in [0.29, 0.717) is 12.8 Å². The summed E-state index contributed by atoms with van der Waals surface area (Å²) in [6.45, 7) is 0. The second-order valence-electron chi connectivity index (χ2n) is 6.24. The number of hydrogen-bond donors (Lipinski definition) is 1. The molecule has 0 aliphatic heterocycles. The largest absolute Gasteiger partial charge is 0.497 e. The van der Waals surface area contributed by atoms with Crippen molar-refractivity contribution in [2.24, 2.45) is 0 Å². The number of methoxy groups -OCH3 is 1. The van der Waals surface area contributed by atoms with Crippen molar-refractivity contribution in [2.75, 3.05) is 19.1 Å². The summed E-state index contributed by atoms with van der Waals surface area (Å²) in [6.07, 6.45) is 5.88. The highest BCUT2D eigenvalue weighted by Gasteiger charge is 2.20. The predicted octanol–water partition coefficient (Wildman–Crippen LogP) is 3.28. The van der Waals surface area contributed by atoms with E-state index in [4.69, 9.17) is 4.74 Å². The molecule has 1 amide bonds. The highest BCUT2D eigenvalue weighted by molar-refractivity contribution is 7.98. The van der Waals surface area contributed by atoms with E-state index < -0.39 is 0 Å². The van der Waals surface area contributed by atoms with Gasteiger partial charge in [-0.2, -0.15) is 11.8 Å². The van der Waals surface area contributed by atoms with Gasteiger partial charge in [0.2, 0.25) is 5.91 Å². The van der Waals surface area contributed by atoms with Crippen LogP contribution in [0.15, 0.2) is 48.7 Å². The molecule has 0 aliphatic rings. The Balaban J connectivity index is 1.67. The van der Waals surface area contributed by atoms with E-state index in [1.807, 2.05) is 53.1 Å². The van der Waals surface area contributed by atoms with Gasteiger partial charge in [-0.05, 0) is 54.7 Å². The van der Waals surface area contributed by atoms with Gasteiger partial charge in [-0.1, -0.05) is 18.2 Å². The van der Waals surface area contributed by atoms with Gasteiger partial charge < -0.3 is 10.1 Å². The molecule has 27 heavy (non-hydrogen) atoms. The van der Waals surface area contributed by atoms with Crippen LogP contribution in [0.4, 0.5) is 0 Å². The van der Waals surface area contributed by atoms with E-state index in [1.54, 1.807) is 18.9 Å². The summed E-state index contributed by atoms with van der Waals surface area (Å²) >= 11 is 1.75. The number of pyridine rings is 1. The van der Waals surface area contributed by atoms with Gasteiger partial charge in [0.15, 0.2) is 11.5 Å². The molecular weight excluding hydrogens is 360 g/mol. The molecule has 0 saturated heterocycles. The van der Waals surface area contributed by atoms with Crippen molar-refractivity contribution in [3.63, 3.8) is 0 Å². The number of amides is 1. The Hall–Kier alpha value is -2.54. The second-order valence-corrected chi connectivity index (χ2v) is 7.23. The molecule has 0 aliphatic carbocycles. The number of hydrogen-bond acceptors (Lipinski definition) is 5. The smallest absolute Gasteiger partial charge is 0.220 e. The van der Waals surface area contributed by atoms with Gasteiger partial charge in [0, 0.05) is 12.6 Å². The van der Waals surface area contributed by atoms with E-state index in [1.165, 1.54) is 0 Å². The lowest BCUT2D eigenvalue weighted by molar-refractivity contribution is -0.121. The summed E-state index contributed by atoms with van der Waals surface area (Å²) in [5.74, 6) is 2.52. The topological polar surface area (TPSA) is 68.5 Å². The zero-order chi connectivity index (χ0) is 19.1. The van der Waals surface area contributed by atoms with E-state index in [0.717, 1.165) is 35.0 Å². The zero-order valence-electron chi connectivity index (χ0n) is 15.6. The first-order valence-electron chi connectivity index (χ1n) is 8.92. The Morgan fingerprint density at radius 2 is 2.15 bits per heavy atom. The van der Waals surface area contributed by atoms with Crippen molar-refractivity contribution in [1.82, 2.24) is 19.9 Å². The summed E-state index contributed by atoms with van der Waals surface area (Å²) in [5, 5.41) is 11.7. The van der Waals surface area contributed by atoms with Crippen molar-refractivity contribution in [3.8, 4) is 5.75 Å². The number of thioether (sulfide) groups is 1. The number of carbonyl (C=O) groups excluding carboxylic acids is 1. The van der Waals surface area contributed by atoms with Crippen molar-refractivity contribution >= 4 is 23.3 Å². The van der Waals surface area contributed by atoms with Crippen LogP contribution in [0.25, 0.3) is 5.65 Å². The van der Waals surface area contributed by atoms with Crippen LogP contribution in [-0.2, 0) is 11.2 Å². The number of aryl methyl sites for hydroxylation is 1. The molecule has 3 rings (SSSR count). The average molecular weight is 385 g/mol. The van der Waals surface area contributed by atoms with Gasteiger partial charge in [-0.15, -0.1) is 10.2 Å². The number of fused-ring (bicyclic) bond motifs is 1. The third-order valence-corrected chi connectivity index (χ3v) is 5.02. The lowest BCUT2D eigenvalue weighted by Gasteiger charge is -2.17. The highest BCUT2D eigenvalue weighted by atomic mass is 32.2. The van der Waals surface area contributed by atoms with Crippen molar-refractivity contribution in [2.45, 2.75) is 25.3 Å². The van der Waals surface area contributed by atoms with E-state index >= 15 is 0 Å². The molecule has 0 radical (unpaired) electrons.